The monoisotopic (exact) mass is 297 g/mol. The first kappa shape index (κ1) is 17.2. The van der Waals surface area contributed by atoms with E-state index in [1.54, 1.807) is 29.0 Å². The molecule has 0 unspecified atom stereocenters. The van der Waals surface area contributed by atoms with E-state index in [-0.39, 0.29) is 24.0 Å². The van der Waals surface area contributed by atoms with Gasteiger partial charge in [0.1, 0.15) is 0 Å². The number of aromatic nitrogens is 2. The molecule has 0 fully saturated rings. The van der Waals surface area contributed by atoms with Crippen molar-refractivity contribution in [3.8, 4) is 0 Å². The molecule has 118 valence electrons. The van der Waals surface area contributed by atoms with E-state index in [9.17, 15) is 9.59 Å². The van der Waals surface area contributed by atoms with E-state index >= 15 is 0 Å². The maximum Gasteiger partial charge on any atom is 0.307 e. The van der Waals surface area contributed by atoms with E-state index in [0.29, 0.717) is 25.5 Å². The lowest BCUT2D eigenvalue weighted by atomic mass is 10.3. The Morgan fingerprint density at radius 2 is 2.10 bits per heavy atom. The van der Waals surface area contributed by atoms with Crippen LogP contribution < -0.4 is 10.5 Å². The number of carbonyl (C=O) groups excluding carboxylic acids is 1. The van der Waals surface area contributed by atoms with Gasteiger partial charge in [0.15, 0.2) is 5.82 Å². The maximum atomic E-state index is 12.4. The van der Waals surface area contributed by atoms with Gasteiger partial charge in [-0.05, 0) is 13.8 Å². The molecule has 7 nitrogen and oxygen atoms in total. The molecular formula is C14H23N3O4. The van der Waals surface area contributed by atoms with Crippen LogP contribution in [0.1, 0.15) is 26.3 Å². The molecule has 7 heteroatoms. The number of rotatable bonds is 8. The highest BCUT2D eigenvalue weighted by atomic mass is 16.5. The molecule has 0 aliphatic rings. The van der Waals surface area contributed by atoms with Crippen LogP contribution in [0, 0.1) is 0 Å². The summed E-state index contributed by atoms with van der Waals surface area (Å²) in [6.07, 6.45) is 3.44. The van der Waals surface area contributed by atoms with E-state index < -0.39 is 0 Å². The van der Waals surface area contributed by atoms with Crippen LogP contribution in [0.4, 0.5) is 5.82 Å². The Morgan fingerprint density at radius 3 is 2.67 bits per heavy atom. The Hall–Kier alpha value is -1.89. The van der Waals surface area contributed by atoms with Crippen molar-refractivity contribution in [1.29, 1.82) is 0 Å². The lowest BCUT2D eigenvalue weighted by Gasteiger charge is -2.23. The average Bonchev–Trinajstić information content (AvgIpc) is 2.47. The van der Waals surface area contributed by atoms with Gasteiger partial charge in [0.25, 0.3) is 5.56 Å². The summed E-state index contributed by atoms with van der Waals surface area (Å²) in [4.78, 5) is 29.6. The fraction of sp³-hybridized carbons (Fsp3) is 0.643. The molecular weight excluding hydrogens is 274 g/mol. The summed E-state index contributed by atoms with van der Waals surface area (Å²) in [5, 5.41) is 0. The number of ether oxygens (including phenoxy) is 2. The maximum absolute atomic E-state index is 12.4. The zero-order chi connectivity index (χ0) is 15.8. The standard InChI is InChI=1S/C14H23N3O4/c1-11(2)17-8-6-15-13(14(17)19)16(9-10-20-3)7-5-12(18)21-4/h6,8,11H,5,7,9-10H2,1-4H3. The smallest absolute Gasteiger partial charge is 0.307 e. The Bertz CT molecular complexity index is 513. The number of esters is 1. The fourth-order valence-electron chi connectivity index (χ4n) is 1.89. The van der Waals surface area contributed by atoms with Crippen LogP contribution in [-0.2, 0) is 14.3 Å². The molecule has 0 aromatic carbocycles. The normalized spacial score (nSPS) is 10.7. The second-order valence-corrected chi connectivity index (χ2v) is 4.86. The third-order valence-corrected chi connectivity index (χ3v) is 3.08. The largest absolute Gasteiger partial charge is 0.469 e. The van der Waals surface area contributed by atoms with E-state index in [1.165, 1.54) is 7.11 Å². The lowest BCUT2D eigenvalue weighted by Crippen LogP contribution is -2.37. The van der Waals surface area contributed by atoms with Gasteiger partial charge < -0.3 is 18.9 Å². The quantitative estimate of drug-likeness (QED) is 0.662. The summed E-state index contributed by atoms with van der Waals surface area (Å²) in [5.74, 6) is 0.00434. The van der Waals surface area contributed by atoms with Gasteiger partial charge in [-0.2, -0.15) is 0 Å². The Balaban J connectivity index is 2.99. The summed E-state index contributed by atoms with van der Waals surface area (Å²) in [6.45, 7) is 5.15. The van der Waals surface area contributed by atoms with Gasteiger partial charge in [-0.3, -0.25) is 9.59 Å². The number of hydrogen-bond acceptors (Lipinski definition) is 6. The minimum atomic E-state index is -0.322. The third kappa shape index (κ3) is 4.86. The first-order chi connectivity index (χ1) is 10.0. The van der Waals surface area contributed by atoms with Crippen LogP contribution in [0.3, 0.4) is 0 Å². The lowest BCUT2D eigenvalue weighted by molar-refractivity contribution is -0.140. The molecule has 0 radical (unpaired) electrons. The molecule has 0 aliphatic heterocycles. The minimum Gasteiger partial charge on any atom is -0.469 e. The molecule has 0 spiro atoms. The predicted octanol–water partition coefficient (Wildman–Crippen LogP) is 0.840. The van der Waals surface area contributed by atoms with Gasteiger partial charge in [-0.25, -0.2) is 4.98 Å². The van der Waals surface area contributed by atoms with Crippen molar-refractivity contribution < 1.29 is 14.3 Å². The first-order valence-corrected chi connectivity index (χ1v) is 6.89. The molecule has 1 heterocycles. The minimum absolute atomic E-state index is 0.0455. The molecule has 0 bridgehead atoms. The predicted molar refractivity (Wildman–Crippen MR) is 79.6 cm³/mol. The number of methoxy groups -OCH3 is 2. The van der Waals surface area contributed by atoms with Crippen LogP contribution in [0.15, 0.2) is 17.2 Å². The van der Waals surface area contributed by atoms with E-state index in [0.717, 1.165) is 0 Å². The third-order valence-electron chi connectivity index (χ3n) is 3.08. The molecule has 1 aromatic heterocycles. The van der Waals surface area contributed by atoms with Gasteiger partial charge in [-0.1, -0.05) is 0 Å². The van der Waals surface area contributed by atoms with E-state index in [1.807, 2.05) is 13.8 Å². The van der Waals surface area contributed by atoms with Crippen molar-refractivity contribution in [2.45, 2.75) is 26.3 Å². The van der Waals surface area contributed by atoms with Crippen LogP contribution in [0.2, 0.25) is 0 Å². The first-order valence-electron chi connectivity index (χ1n) is 6.89. The van der Waals surface area contributed by atoms with Crippen molar-refractivity contribution in [3.05, 3.63) is 22.7 Å². The summed E-state index contributed by atoms with van der Waals surface area (Å²) < 4.78 is 11.3. The Morgan fingerprint density at radius 1 is 1.38 bits per heavy atom. The Kier molecular flexibility index (Phi) is 6.87. The molecule has 0 saturated carbocycles. The zero-order valence-corrected chi connectivity index (χ0v) is 13.0. The number of hydrogen-bond donors (Lipinski definition) is 0. The van der Waals surface area contributed by atoms with E-state index in [2.05, 4.69) is 9.72 Å². The average molecular weight is 297 g/mol. The van der Waals surface area contributed by atoms with E-state index in [4.69, 9.17) is 4.74 Å². The summed E-state index contributed by atoms with van der Waals surface area (Å²) in [5.41, 5.74) is -0.173. The molecule has 1 aromatic rings. The van der Waals surface area contributed by atoms with Crippen molar-refractivity contribution in [2.24, 2.45) is 0 Å². The van der Waals surface area contributed by atoms with Crippen LogP contribution >= 0.6 is 0 Å². The number of anilines is 1. The van der Waals surface area contributed by atoms with Crippen molar-refractivity contribution in [3.63, 3.8) is 0 Å². The van der Waals surface area contributed by atoms with Crippen molar-refractivity contribution in [2.75, 3.05) is 38.8 Å². The van der Waals surface area contributed by atoms with Gasteiger partial charge in [0.2, 0.25) is 0 Å². The highest BCUT2D eigenvalue weighted by Crippen LogP contribution is 2.07. The van der Waals surface area contributed by atoms with Crippen molar-refractivity contribution >= 4 is 11.8 Å². The molecule has 0 aliphatic carbocycles. The second-order valence-electron chi connectivity index (χ2n) is 4.86. The van der Waals surface area contributed by atoms with Crippen LogP contribution in [-0.4, -0.2) is 49.4 Å². The topological polar surface area (TPSA) is 73.7 Å². The molecule has 1 rings (SSSR count). The zero-order valence-electron chi connectivity index (χ0n) is 13.0. The van der Waals surface area contributed by atoms with Crippen LogP contribution in [0.5, 0.6) is 0 Å². The highest BCUT2D eigenvalue weighted by molar-refractivity contribution is 5.69. The summed E-state index contributed by atoms with van der Waals surface area (Å²) in [6, 6.07) is 0.0455. The molecule has 0 saturated heterocycles. The Labute approximate surface area is 124 Å². The SMILES string of the molecule is COCCN(CCC(=O)OC)c1nccn(C(C)C)c1=O. The molecule has 0 amide bonds. The number of nitrogens with zero attached hydrogens (tertiary/aromatic N) is 3. The van der Waals surface area contributed by atoms with Gasteiger partial charge in [-0.15, -0.1) is 0 Å². The molecule has 21 heavy (non-hydrogen) atoms. The van der Waals surface area contributed by atoms with Crippen LogP contribution in [0.25, 0.3) is 0 Å². The van der Waals surface area contributed by atoms with Gasteiger partial charge in [0, 0.05) is 38.6 Å². The van der Waals surface area contributed by atoms with Crippen molar-refractivity contribution in [1.82, 2.24) is 9.55 Å². The molecule has 0 N–H and O–H groups in total. The van der Waals surface area contributed by atoms with Gasteiger partial charge in [0.05, 0.1) is 20.1 Å². The highest BCUT2D eigenvalue weighted by Gasteiger charge is 2.16. The molecule has 0 atom stereocenters. The number of carbonyl (C=O) groups is 1. The van der Waals surface area contributed by atoms with Gasteiger partial charge >= 0.3 is 5.97 Å². The second kappa shape index (κ2) is 8.41. The fourth-order valence-corrected chi connectivity index (χ4v) is 1.89. The summed E-state index contributed by atoms with van der Waals surface area (Å²) in [7, 11) is 2.93. The summed E-state index contributed by atoms with van der Waals surface area (Å²) >= 11 is 0.